The first-order valence-corrected chi connectivity index (χ1v) is 6.43. The van der Waals surface area contributed by atoms with E-state index in [1.54, 1.807) is 23.3 Å². The van der Waals surface area contributed by atoms with Crippen LogP contribution in [0.2, 0.25) is 0 Å². The van der Waals surface area contributed by atoms with Gasteiger partial charge in [-0.2, -0.15) is 5.10 Å². The van der Waals surface area contributed by atoms with Crippen molar-refractivity contribution >= 4 is 17.5 Å². The van der Waals surface area contributed by atoms with Gasteiger partial charge in [-0.3, -0.25) is 4.68 Å². The maximum Gasteiger partial charge on any atom is 0.227 e. The Morgan fingerprint density at radius 2 is 2.10 bits per heavy atom. The van der Waals surface area contributed by atoms with Crippen LogP contribution in [0.4, 0.5) is 17.5 Å². The Labute approximate surface area is 121 Å². The van der Waals surface area contributed by atoms with Crippen LogP contribution >= 0.6 is 0 Å². The maximum atomic E-state index is 5.74. The van der Waals surface area contributed by atoms with Crippen molar-refractivity contribution in [2.45, 2.75) is 6.92 Å². The van der Waals surface area contributed by atoms with E-state index in [2.05, 4.69) is 25.4 Å². The average molecular weight is 281 g/mol. The second-order valence-electron chi connectivity index (χ2n) is 4.72. The number of pyridine rings is 1. The van der Waals surface area contributed by atoms with Crippen LogP contribution in [0.15, 0.2) is 36.9 Å². The lowest BCUT2D eigenvalue weighted by molar-refractivity contribution is 0.768. The highest BCUT2D eigenvalue weighted by atomic mass is 15.3. The maximum absolute atomic E-state index is 5.74. The first-order valence-electron chi connectivity index (χ1n) is 6.43. The van der Waals surface area contributed by atoms with E-state index in [1.807, 2.05) is 32.3 Å². The fourth-order valence-electron chi connectivity index (χ4n) is 1.92. The Morgan fingerprint density at radius 1 is 1.24 bits per heavy atom. The highest BCUT2D eigenvalue weighted by Crippen LogP contribution is 2.21. The van der Waals surface area contributed by atoms with Gasteiger partial charge >= 0.3 is 0 Å². The molecule has 7 heteroatoms. The molecule has 7 nitrogen and oxygen atoms in total. The molecule has 0 aliphatic carbocycles. The average Bonchev–Trinajstić information content (AvgIpc) is 2.87. The van der Waals surface area contributed by atoms with E-state index in [1.165, 1.54) is 0 Å². The molecular weight excluding hydrogens is 266 g/mol. The van der Waals surface area contributed by atoms with Crippen molar-refractivity contribution in [2.75, 3.05) is 11.1 Å². The van der Waals surface area contributed by atoms with Crippen LogP contribution in [-0.2, 0) is 7.05 Å². The molecule has 0 unspecified atom stereocenters. The summed E-state index contributed by atoms with van der Waals surface area (Å²) < 4.78 is 1.71. The lowest BCUT2D eigenvalue weighted by atomic mass is 10.1. The molecule has 3 aromatic rings. The summed E-state index contributed by atoms with van der Waals surface area (Å²) in [5, 5.41) is 7.20. The summed E-state index contributed by atoms with van der Waals surface area (Å²) in [6, 6.07) is 3.79. The van der Waals surface area contributed by atoms with Gasteiger partial charge in [-0.05, 0) is 24.6 Å². The largest absolute Gasteiger partial charge is 0.383 e. The van der Waals surface area contributed by atoms with Crippen molar-refractivity contribution in [3.05, 3.63) is 42.5 Å². The highest BCUT2D eigenvalue weighted by molar-refractivity contribution is 5.63. The number of aryl methyl sites for hydroxylation is 2. The SMILES string of the molecule is Cc1cc(-c2ccnc(Nc3cnn(C)c3)n2)cnc1N. The molecule has 0 bridgehead atoms. The fourth-order valence-corrected chi connectivity index (χ4v) is 1.92. The Balaban J connectivity index is 1.90. The van der Waals surface area contributed by atoms with Gasteiger partial charge in [-0.1, -0.05) is 0 Å². The Kier molecular flexibility index (Phi) is 3.23. The highest BCUT2D eigenvalue weighted by Gasteiger charge is 2.06. The predicted octanol–water partition coefficient (Wildman–Crippen LogP) is 1.91. The van der Waals surface area contributed by atoms with Gasteiger partial charge in [0.1, 0.15) is 5.82 Å². The van der Waals surface area contributed by atoms with Crippen LogP contribution in [0.1, 0.15) is 5.56 Å². The number of nitrogens with one attached hydrogen (secondary N) is 1. The van der Waals surface area contributed by atoms with Gasteiger partial charge in [-0.25, -0.2) is 15.0 Å². The predicted molar refractivity (Wildman–Crippen MR) is 80.9 cm³/mol. The Morgan fingerprint density at radius 3 is 2.81 bits per heavy atom. The van der Waals surface area contributed by atoms with Crippen molar-refractivity contribution in [3.8, 4) is 11.3 Å². The minimum absolute atomic E-state index is 0.509. The summed E-state index contributed by atoms with van der Waals surface area (Å²) in [7, 11) is 1.85. The van der Waals surface area contributed by atoms with Crippen LogP contribution in [0.3, 0.4) is 0 Å². The molecule has 21 heavy (non-hydrogen) atoms. The number of nitrogens with two attached hydrogens (primary N) is 1. The van der Waals surface area contributed by atoms with E-state index in [4.69, 9.17) is 5.73 Å². The lowest BCUT2D eigenvalue weighted by Crippen LogP contribution is -1.98. The second-order valence-corrected chi connectivity index (χ2v) is 4.72. The summed E-state index contributed by atoms with van der Waals surface area (Å²) in [4.78, 5) is 12.8. The number of hydrogen-bond donors (Lipinski definition) is 2. The Bertz CT molecular complexity index is 778. The van der Waals surface area contributed by atoms with Gasteiger partial charge in [-0.15, -0.1) is 0 Å². The number of anilines is 3. The third kappa shape index (κ3) is 2.81. The van der Waals surface area contributed by atoms with Crippen molar-refractivity contribution in [2.24, 2.45) is 7.05 Å². The van der Waals surface area contributed by atoms with E-state index < -0.39 is 0 Å². The van der Waals surface area contributed by atoms with Crippen LogP contribution < -0.4 is 11.1 Å². The molecule has 0 saturated heterocycles. The second kappa shape index (κ2) is 5.20. The van der Waals surface area contributed by atoms with Crippen molar-refractivity contribution in [1.82, 2.24) is 24.7 Å². The molecule has 3 aromatic heterocycles. The zero-order valence-electron chi connectivity index (χ0n) is 11.8. The lowest BCUT2D eigenvalue weighted by Gasteiger charge is -2.06. The van der Waals surface area contributed by atoms with Gasteiger partial charge in [0.15, 0.2) is 0 Å². The number of nitrogen functional groups attached to an aromatic ring is 1. The van der Waals surface area contributed by atoms with Crippen molar-refractivity contribution < 1.29 is 0 Å². The minimum Gasteiger partial charge on any atom is -0.383 e. The molecule has 0 aromatic carbocycles. The smallest absolute Gasteiger partial charge is 0.227 e. The Hall–Kier alpha value is -2.96. The molecule has 0 amide bonds. The van der Waals surface area contributed by atoms with Crippen LogP contribution in [0, 0.1) is 6.92 Å². The van der Waals surface area contributed by atoms with Crippen LogP contribution in [-0.4, -0.2) is 24.7 Å². The zero-order chi connectivity index (χ0) is 14.8. The first-order chi connectivity index (χ1) is 10.1. The van der Waals surface area contributed by atoms with Gasteiger partial charge < -0.3 is 11.1 Å². The molecule has 3 heterocycles. The van der Waals surface area contributed by atoms with Gasteiger partial charge in [0.25, 0.3) is 0 Å². The topological polar surface area (TPSA) is 94.5 Å². The molecule has 0 aliphatic heterocycles. The number of rotatable bonds is 3. The molecular formula is C14H15N7. The molecule has 0 spiro atoms. The van der Waals surface area contributed by atoms with Gasteiger partial charge in [0, 0.05) is 31.2 Å². The fraction of sp³-hybridized carbons (Fsp3) is 0.143. The summed E-state index contributed by atoms with van der Waals surface area (Å²) >= 11 is 0. The summed E-state index contributed by atoms with van der Waals surface area (Å²) in [6.07, 6.45) is 6.97. The molecule has 0 radical (unpaired) electrons. The zero-order valence-corrected chi connectivity index (χ0v) is 11.8. The molecule has 0 fully saturated rings. The quantitative estimate of drug-likeness (QED) is 0.761. The molecule has 0 aliphatic rings. The van der Waals surface area contributed by atoms with E-state index in [0.717, 1.165) is 22.5 Å². The van der Waals surface area contributed by atoms with E-state index in [0.29, 0.717) is 11.8 Å². The van der Waals surface area contributed by atoms with E-state index in [-0.39, 0.29) is 0 Å². The summed E-state index contributed by atoms with van der Waals surface area (Å²) in [5.41, 5.74) is 9.18. The monoisotopic (exact) mass is 281 g/mol. The summed E-state index contributed by atoms with van der Waals surface area (Å²) in [6.45, 7) is 1.92. The number of aromatic nitrogens is 5. The minimum atomic E-state index is 0.509. The van der Waals surface area contributed by atoms with Crippen molar-refractivity contribution in [1.29, 1.82) is 0 Å². The van der Waals surface area contributed by atoms with Crippen LogP contribution in [0.5, 0.6) is 0 Å². The molecule has 3 N–H and O–H groups in total. The normalized spacial score (nSPS) is 10.6. The number of hydrogen-bond acceptors (Lipinski definition) is 6. The third-order valence-corrected chi connectivity index (χ3v) is 3.03. The molecule has 106 valence electrons. The van der Waals surface area contributed by atoms with Gasteiger partial charge in [0.2, 0.25) is 5.95 Å². The van der Waals surface area contributed by atoms with Crippen LogP contribution in [0.25, 0.3) is 11.3 Å². The number of nitrogens with zero attached hydrogens (tertiary/aromatic N) is 5. The molecule has 3 rings (SSSR count). The van der Waals surface area contributed by atoms with E-state index in [9.17, 15) is 0 Å². The van der Waals surface area contributed by atoms with Gasteiger partial charge in [0.05, 0.1) is 17.6 Å². The molecule has 0 saturated carbocycles. The summed E-state index contributed by atoms with van der Waals surface area (Å²) in [5.74, 6) is 1.04. The third-order valence-electron chi connectivity index (χ3n) is 3.03. The standard InChI is InChI=1S/C14H15N7/c1-9-5-10(6-17-13(9)15)12-3-4-16-14(20-12)19-11-7-18-21(2)8-11/h3-8H,1-2H3,(H2,15,17)(H,16,19,20). The molecule has 0 atom stereocenters. The van der Waals surface area contributed by atoms with Crippen molar-refractivity contribution in [3.63, 3.8) is 0 Å². The van der Waals surface area contributed by atoms with E-state index >= 15 is 0 Å². The first kappa shape index (κ1) is 13.0.